The fourth-order valence-electron chi connectivity index (χ4n) is 8.27. The maximum Gasteiger partial charge on any atom is 0.306 e. The molecule has 81 heavy (non-hydrogen) atoms. The van der Waals surface area contributed by atoms with Crippen molar-refractivity contribution < 1.29 is 42.9 Å². The van der Waals surface area contributed by atoms with Crippen LogP contribution in [0.5, 0.6) is 0 Å². The standard InChI is InChI=1S/C72H117NO8/c1-6-8-10-12-14-16-18-20-22-24-26-27-28-29-30-31-32-33-34-35-36-37-38-39-40-41-42-43-45-47-49-51-53-55-57-59-61-63-70(75)81-68(67-80-72(71(76)77)78-65-64-73(3,4)5)66-79-69(74)62-60-58-56-54-52-50-48-46-44-25-23-21-19-17-15-13-11-9-7-2/h8-11,14-17,20-23,26-27,29-30,32-33,44,46,50,52,56,58,68,72H,6-7,12-13,18-19,24-25,28,31,34-43,45,47-49,51,53-55,57,59-67H2,1-5H3/b10-8-,11-9-,16-14-,17-15-,22-20-,23-21-,27-26-,30-29-,33-32-,46-44-,52-50-,58-56-. The Kier molecular flexibility index (Phi) is 57.6. The third kappa shape index (κ3) is 62.6. The summed E-state index contributed by atoms with van der Waals surface area (Å²) in [5.41, 5.74) is 0. The SMILES string of the molecule is CC/C=C\C/C=C\C/C=C\C/C=C\C/C=C\C/C=C\CCCCCCCCCCCCCCCCCCCCC(=O)OC(COC(=O)CC/C=C\C/C=C\C/C=C\C/C=C\C/C=C\C/C=C\CC)COC(OCC[N+](C)(C)C)C(=O)[O-]. The van der Waals surface area contributed by atoms with Gasteiger partial charge in [0, 0.05) is 12.8 Å². The van der Waals surface area contributed by atoms with Crippen LogP contribution < -0.4 is 5.11 Å². The van der Waals surface area contributed by atoms with Crippen molar-refractivity contribution in [3.8, 4) is 0 Å². The highest BCUT2D eigenvalue weighted by Crippen LogP contribution is 2.16. The number of ether oxygens (including phenoxy) is 4. The Balaban J connectivity index is 4.17. The first-order valence-electron chi connectivity index (χ1n) is 32.0. The number of hydrogen-bond donors (Lipinski definition) is 0. The first-order valence-corrected chi connectivity index (χ1v) is 32.0. The van der Waals surface area contributed by atoms with Crippen molar-refractivity contribution >= 4 is 17.9 Å². The number of esters is 2. The minimum atomic E-state index is -1.64. The van der Waals surface area contributed by atoms with E-state index >= 15 is 0 Å². The van der Waals surface area contributed by atoms with Gasteiger partial charge in [-0.1, -0.05) is 262 Å². The zero-order valence-electron chi connectivity index (χ0n) is 52.1. The third-order valence-corrected chi connectivity index (χ3v) is 13.1. The zero-order valence-corrected chi connectivity index (χ0v) is 52.1. The maximum absolute atomic E-state index is 12.9. The Labute approximate surface area is 496 Å². The normalized spacial score (nSPS) is 13.7. The summed E-state index contributed by atoms with van der Waals surface area (Å²) < 4.78 is 22.6. The molecule has 2 atom stereocenters. The molecule has 0 heterocycles. The highest BCUT2D eigenvalue weighted by Gasteiger charge is 2.22. The van der Waals surface area contributed by atoms with Crippen LogP contribution in [0.15, 0.2) is 146 Å². The Bertz CT molecular complexity index is 1840. The molecule has 0 amide bonds. The lowest BCUT2D eigenvalue weighted by Gasteiger charge is -2.26. The van der Waals surface area contributed by atoms with E-state index in [2.05, 4.69) is 148 Å². The molecule has 0 aromatic rings. The van der Waals surface area contributed by atoms with Crippen molar-refractivity contribution in [3.63, 3.8) is 0 Å². The molecule has 0 N–H and O–H groups in total. The van der Waals surface area contributed by atoms with E-state index in [1.165, 1.54) is 96.3 Å². The second kappa shape index (κ2) is 61.2. The summed E-state index contributed by atoms with van der Waals surface area (Å²) in [5, 5.41) is 11.8. The second-order valence-corrected chi connectivity index (χ2v) is 21.9. The van der Waals surface area contributed by atoms with E-state index in [-0.39, 0.29) is 32.7 Å². The molecular weight excluding hydrogens is 1010 g/mol. The number of allylic oxidation sites excluding steroid dienone is 24. The van der Waals surface area contributed by atoms with Crippen LogP contribution in [0.3, 0.4) is 0 Å². The monoisotopic (exact) mass is 1120 g/mol. The van der Waals surface area contributed by atoms with Crippen LogP contribution in [0.1, 0.15) is 232 Å². The van der Waals surface area contributed by atoms with Crippen molar-refractivity contribution in [1.82, 2.24) is 0 Å². The van der Waals surface area contributed by atoms with E-state index in [1.807, 2.05) is 33.3 Å². The molecule has 0 saturated heterocycles. The summed E-state index contributed by atoms with van der Waals surface area (Å²) in [5.74, 6) is -2.40. The van der Waals surface area contributed by atoms with Crippen molar-refractivity contribution in [1.29, 1.82) is 0 Å². The Morgan fingerprint density at radius 1 is 0.370 bits per heavy atom. The van der Waals surface area contributed by atoms with E-state index in [4.69, 9.17) is 18.9 Å². The quantitative estimate of drug-likeness (QED) is 0.0195. The molecule has 0 aliphatic carbocycles. The van der Waals surface area contributed by atoms with Crippen LogP contribution in [-0.2, 0) is 33.3 Å². The molecular formula is C72H117NO8. The maximum atomic E-state index is 12.9. The van der Waals surface area contributed by atoms with E-state index < -0.39 is 30.3 Å². The van der Waals surface area contributed by atoms with Gasteiger partial charge in [0.05, 0.1) is 40.3 Å². The van der Waals surface area contributed by atoms with Gasteiger partial charge in [0.25, 0.3) is 0 Å². The minimum absolute atomic E-state index is 0.130. The first-order chi connectivity index (χ1) is 39.6. The Morgan fingerprint density at radius 3 is 1.04 bits per heavy atom. The molecule has 0 fully saturated rings. The summed E-state index contributed by atoms with van der Waals surface area (Å²) >= 11 is 0. The van der Waals surface area contributed by atoms with E-state index in [1.54, 1.807) is 0 Å². The predicted octanol–water partition coefficient (Wildman–Crippen LogP) is 18.2. The van der Waals surface area contributed by atoms with Crippen LogP contribution in [-0.4, -0.2) is 82.3 Å². The number of hydrogen-bond acceptors (Lipinski definition) is 8. The van der Waals surface area contributed by atoms with Crippen LogP contribution in [0.2, 0.25) is 0 Å². The van der Waals surface area contributed by atoms with Crippen molar-refractivity contribution in [2.24, 2.45) is 0 Å². The molecule has 0 radical (unpaired) electrons. The smallest absolute Gasteiger partial charge is 0.306 e. The van der Waals surface area contributed by atoms with Gasteiger partial charge >= 0.3 is 11.9 Å². The molecule has 458 valence electrons. The number of carboxylic acid groups (broad SMARTS) is 1. The fourth-order valence-corrected chi connectivity index (χ4v) is 8.27. The topological polar surface area (TPSA) is 111 Å². The number of quaternary nitrogens is 1. The number of carboxylic acids is 1. The molecule has 2 unspecified atom stereocenters. The largest absolute Gasteiger partial charge is 0.545 e. The number of likely N-dealkylation sites (N-methyl/N-ethyl adjacent to an activating group) is 1. The fraction of sp³-hybridized carbons (Fsp3) is 0.625. The lowest BCUT2D eigenvalue weighted by molar-refractivity contribution is -0.870. The first kappa shape index (κ1) is 76.2. The molecule has 9 nitrogen and oxygen atoms in total. The molecule has 0 aromatic heterocycles. The number of unbranched alkanes of at least 4 members (excludes halogenated alkanes) is 18. The molecule has 0 aliphatic heterocycles. The van der Waals surface area contributed by atoms with Gasteiger partial charge in [-0.2, -0.15) is 0 Å². The second-order valence-electron chi connectivity index (χ2n) is 21.9. The molecule has 9 heteroatoms. The molecule has 0 aromatic carbocycles. The summed E-state index contributed by atoms with van der Waals surface area (Å²) in [7, 11) is 5.90. The highest BCUT2D eigenvalue weighted by atomic mass is 16.7. The van der Waals surface area contributed by atoms with E-state index in [9.17, 15) is 19.5 Å². The van der Waals surface area contributed by atoms with Gasteiger partial charge in [-0.05, 0) is 103 Å². The van der Waals surface area contributed by atoms with Crippen LogP contribution in [0.25, 0.3) is 0 Å². The van der Waals surface area contributed by atoms with Gasteiger partial charge in [-0.25, -0.2) is 0 Å². The van der Waals surface area contributed by atoms with Gasteiger partial charge in [-0.15, -0.1) is 0 Å². The summed E-state index contributed by atoms with van der Waals surface area (Å²) in [4.78, 5) is 37.3. The number of nitrogens with zero attached hydrogens (tertiary/aromatic N) is 1. The Hall–Kier alpha value is -4.83. The van der Waals surface area contributed by atoms with Crippen LogP contribution in [0.4, 0.5) is 0 Å². The van der Waals surface area contributed by atoms with Gasteiger partial charge in [0.2, 0.25) is 0 Å². The highest BCUT2D eigenvalue weighted by molar-refractivity contribution is 5.70. The van der Waals surface area contributed by atoms with Gasteiger partial charge in [0.15, 0.2) is 12.4 Å². The molecule has 0 bridgehead atoms. The van der Waals surface area contributed by atoms with Gasteiger partial charge in [0.1, 0.15) is 13.2 Å². The number of carbonyl (C=O) groups is 3. The number of aliphatic carboxylic acids is 1. The summed E-state index contributed by atoms with van der Waals surface area (Å²) in [6.45, 7) is 4.42. The average Bonchev–Trinajstić information content (AvgIpc) is 3.44. The van der Waals surface area contributed by atoms with E-state index in [0.29, 0.717) is 23.9 Å². The minimum Gasteiger partial charge on any atom is -0.545 e. The summed E-state index contributed by atoms with van der Waals surface area (Å²) in [6.07, 6.45) is 86.5. The predicted molar refractivity (Wildman–Crippen MR) is 342 cm³/mol. The molecule has 0 aliphatic rings. The zero-order chi connectivity index (χ0) is 59.1. The van der Waals surface area contributed by atoms with Crippen LogP contribution in [0, 0.1) is 0 Å². The van der Waals surface area contributed by atoms with Gasteiger partial charge < -0.3 is 33.3 Å². The van der Waals surface area contributed by atoms with Crippen molar-refractivity contribution in [2.45, 2.75) is 245 Å². The lowest BCUT2D eigenvalue weighted by atomic mass is 10.0. The average molecular weight is 1120 g/mol. The Morgan fingerprint density at radius 2 is 0.691 bits per heavy atom. The lowest BCUT2D eigenvalue weighted by Crippen LogP contribution is -2.44. The third-order valence-electron chi connectivity index (χ3n) is 13.1. The molecule has 0 spiro atoms. The number of rotatable bonds is 57. The van der Waals surface area contributed by atoms with Crippen LogP contribution >= 0.6 is 0 Å². The summed E-state index contributed by atoms with van der Waals surface area (Å²) in [6, 6.07) is 0. The van der Waals surface area contributed by atoms with Gasteiger partial charge in [-0.3, -0.25) is 9.59 Å². The van der Waals surface area contributed by atoms with E-state index in [0.717, 1.165) is 96.3 Å². The number of carbonyl (C=O) groups excluding carboxylic acids is 3. The van der Waals surface area contributed by atoms with Crippen molar-refractivity contribution in [2.75, 3.05) is 47.5 Å². The van der Waals surface area contributed by atoms with Crippen molar-refractivity contribution in [3.05, 3.63) is 146 Å². The molecule has 0 rings (SSSR count). The molecule has 0 saturated carbocycles.